The van der Waals surface area contributed by atoms with E-state index in [-0.39, 0.29) is 13.2 Å². The summed E-state index contributed by atoms with van der Waals surface area (Å²) < 4.78 is 20.8. The average Bonchev–Trinajstić information content (AvgIpc) is 2.03. The quantitative estimate of drug-likeness (QED) is 0.570. The predicted octanol–water partition coefficient (Wildman–Crippen LogP) is 1.91. The van der Waals surface area contributed by atoms with E-state index >= 15 is 0 Å². The predicted molar refractivity (Wildman–Crippen MR) is 54.3 cm³/mol. The maximum Gasteiger partial charge on any atom is 0.361 e. The number of hydrogen-bond donors (Lipinski definition) is 1. The highest BCUT2D eigenvalue weighted by Gasteiger charge is 2.25. The molecular weight excluding hydrogens is 229 g/mol. The second kappa shape index (κ2) is 6.40. The standard InChI is InChI=1S/C7H15ClNO4P/c1-4-12-7(10)6(3)9-14(8,11)13-5-2/h6H,4-5H2,1-3H3,(H,9,11)/t6-,14?/m0/s1. The first kappa shape index (κ1) is 13.9. The van der Waals surface area contributed by atoms with Crippen molar-refractivity contribution in [3.63, 3.8) is 0 Å². The van der Waals surface area contributed by atoms with Gasteiger partial charge >= 0.3 is 12.8 Å². The molecule has 0 amide bonds. The van der Waals surface area contributed by atoms with E-state index in [4.69, 9.17) is 20.5 Å². The molecule has 1 unspecified atom stereocenters. The highest BCUT2D eigenvalue weighted by Crippen LogP contribution is 2.48. The van der Waals surface area contributed by atoms with Crippen LogP contribution in [0.4, 0.5) is 0 Å². The minimum Gasteiger partial charge on any atom is -0.465 e. The summed E-state index contributed by atoms with van der Waals surface area (Å²) in [7, 11) is 0. The zero-order valence-electron chi connectivity index (χ0n) is 8.45. The molecule has 84 valence electrons. The van der Waals surface area contributed by atoms with Gasteiger partial charge in [0.2, 0.25) is 0 Å². The third-order valence-corrected chi connectivity index (χ3v) is 3.15. The summed E-state index contributed by atoms with van der Waals surface area (Å²) in [5.41, 5.74) is 0. The molecule has 14 heavy (non-hydrogen) atoms. The number of ether oxygens (including phenoxy) is 1. The van der Waals surface area contributed by atoms with E-state index in [0.29, 0.717) is 0 Å². The van der Waals surface area contributed by atoms with Crippen LogP contribution < -0.4 is 5.09 Å². The molecule has 0 aromatic heterocycles. The number of rotatable bonds is 6. The fourth-order valence-electron chi connectivity index (χ4n) is 0.755. The van der Waals surface area contributed by atoms with E-state index in [1.54, 1.807) is 13.8 Å². The normalized spacial score (nSPS) is 17.1. The van der Waals surface area contributed by atoms with E-state index in [2.05, 4.69) is 5.09 Å². The largest absolute Gasteiger partial charge is 0.465 e. The number of hydrogen-bond acceptors (Lipinski definition) is 4. The molecule has 0 aliphatic rings. The Labute approximate surface area is 88.4 Å². The minimum atomic E-state index is -3.40. The van der Waals surface area contributed by atoms with Crippen LogP contribution in [0.15, 0.2) is 0 Å². The van der Waals surface area contributed by atoms with Crippen molar-refractivity contribution in [3.8, 4) is 0 Å². The first-order valence-electron chi connectivity index (χ1n) is 4.31. The Morgan fingerprint density at radius 2 is 2.07 bits per heavy atom. The van der Waals surface area contributed by atoms with Gasteiger partial charge in [-0.2, -0.15) is 0 Å². The van der Waals surface area contributed by atoms with E-state index in [1.807, 2.05) is 0 Å². The van der Waals surface area contributed by atoms with Crippen LogP contribution in [0.25, 0.3) is 0 Å². The van der Waals surface area contributed by atoms with Gasteiger partial charge < -0.3 is 9.26 Å². The third kappa shape index (κ3) is 5.60. The Bertz CT molecular complexity index is 236. The van der Waals surface area contributed by atoms with Crippen LogP contribution in [-0.4, -0.2) is 25.2 Å². The van der Waals surface area contributed by atoms with Crippen molar-refractivity contribution in [2.24, 2.45) is 0 Å². The van der Waals surface area contributed by atoms with Crippen molar-refractivity contribution < 1.29 is 18.6 Å². The van der Waals surface area contributed by atoms with Gasteiger partial charge in [-0.1, -0.05) is 0 Å². The van der Waals surface area contributed by atoms with Crippen LogP contribution in [0.2, 0.25) is 0 Å². The van der Waals surface area contributed by atoms with Crippen molar-refractivity contribution in [3.05, 3.63) is 0 Å². The molecule has 0 aromatic carbocycles. The summed E-state index contributed by atoms with van der Waals surface area (Å²) in [5.74, 6) is -0.506. The molecule has 0 saturated heterocycles. The fraction of sp³-hybridized carbons (Fsp3) is 0.857. The highest BCUT2D eigenvalue weighted by molar-refractivity contribution is 7.83. The van der Waals surface area contributed by atoms with E-state index in [9.17, 15) is 9.36 Å². The summed E-state index contributed by atoms with van der Waals surface area (Å²) >= 11 is 5.49. The summed E-state index contributed by atoms with van der Waals surface area (Å²) in [4.78, 5) is 11.1. The number of carbonyl (C=O) groups is 1. The Hall–Kier alpha value is -0.0900. The van der Waals surface area contributed by atoms with Crippen LogP contribution in [0.1, 0.15) is 20.8 Å². The molecule has 2 atom stereocenters. The number of esters is 1. The van der Waals surface area contributed by atoms with Crippen LogP contribution in [-0.2, 0) is 18.6 Å². The molecule has 0 radical (unpaired) electrons. The van der Waals surface area contributed by atoms with Gasteiger partial charge in [-0.3, -0.25) is 9.36 Å². The Morgan fingerprint density at radius 3 is 2.50 bits per heavy atom. The van der Waals surface area contributed by atoms with Crippen molar-refractivity contribution in [1.29, 1.82) is 0 Å². The number of carbonyl (C=O) groups excluding carboxylic acids is 1. The van der Waals surface area contributed by atoms with Gasteiger partial charge in [0.1, 0.15) is 6.04 Å². The minimum absolute atomic E-state index is 0.212. The van der Waals surface area contributed by atoms with Gasteiger partial charge in [-0.05, 0) is 32.0 Å². The van der Waals surface area contributed by atoms with Gasteiger partial charge in [0.15, 0.2) is 0 Å². The van der Waals surface area contributed by atoms with E-state index in [1.165, 1.54) is 6.92 Å². The lowest BCUT2D eigenvalue weighted by molar-refractivity contribution is -0.144. The number of nitrogens with one attached hydrogen (secondary N) is 1. The fourth-order valence-corrected chi connectivity index (χ4v) is 2.46. The third-order valence-electron chi connectivity index (χ3n) is 1.28. The molecule has 0 bridgehead atoms. The molecule has 0 aromatic rings. The first-order chi connectivity index (χ1) is 6.43. The van der Waals surface area contributed by atoms with Gasteiger partial charge in [-0.25, -0.2) is 5.09 Å². The number of halogens is 1. The second-order valence-corrected chi connectivity index (χ2v) is 5.31. The topological polar surface area (TPSA) is 64.6 Å². The van der Waals surface area contributed by atoms with Crippen molar-refractivity contribution in [2.75, 3.05) is 13.2 Å². The molecule has 0 saturated carbocycles. The van der Waals surface area contributed by atoms with Gasteiger partial charge in [0, 0.05) is 0 Å². The zero-order valence-corrected chi connectivity index (χ0v) is 10.1. The van der Waals surface area contributed by atoms with E-state index < -0.39 is 18.9 Å². The van der Waals surface area contributed by atoms with Gasteiger partial charge in [0.25, 0.3) is 0 Å². The van der Waals surface area contributed by atoms with Gasteiger partial charge in [-0.15, -0.1) is 0 Å². The van der Waals surface area contributed by atoms with Crippen LogP contribution in [0.3, 0.4) is 0 Å². The highest BCUT2D eigenvalue weighted by atomic mass is 35.7. The lowest BCUT2D eigenvalue weighted by Gasteiger charge is -2.16. The zero-order chi connectivity index (χ0) is 11.2. The lowest BCUT2D eigenvalue weighted by Crippen LogP contribution is -2.32. The maximum atomic E-state index is 11.4. The van der Waals surface area contributed by atoms with Crippen LogP contribution in [0, 0.1) is 0 Å². The Morgan fingerprint density at radius 1 is 1.50 bits per heavy atom. The van der Waals surface area contributed by atoms with Crippen molar-refractivity contribution in [1.82, 2.24) is 5.09 Å². The first-order valence-corrected chi connectivity index (χ1v) is 6.84. The second-order valence-electron chi connectivity index (χ2n) is 2.50. The molecule has 0 fully saturated rings. The summed E-state index contributed by atoms with van der Waals surface area (Å²) in [6.45, 7) is 1.93. The monoisotopic (exact) mass is 243 g/mol. The smallest absolute Gasteiger partial charge is 0.361 e. The Balaban J connectivity index is 4.10. The summed E-state index contributed by atoms with van der Waals surface area (Å²) in [5, 5.41) is 2.37. The van der Waals surface area contributed by atoms with Crippen molar-refractivity contribution >= 4 is 24.1 Å². The summed E-state index contributed by atoms with van der Waals surface area (Å²) in [6, 6.07) is -0.746. The van der Waals surface area contributed by atoms with E-state index in [0.717, 1.165) is 0 Å². The molecular formula is C7H15ClNO4P. The lowest BCUT2D eigenvalue weighted by atomic mass is 10.4. The molecule has 0 aliphatic carbocycles. The molecule has 0 aliphatic heterocycles. The molecule has 0 spiro atoms. The maximum absolute atomic E-state index is 11.4. The SMILES string of the molecule is CCOC(=O)[C@H](C)NP(=O)(Cl)OCC. The van der Waals surface area contributed by atoms with Crippen molar-refractivity contribution in [2.45, 2.75) is 26.8 Å². The average molecular weight is 244 g/mol. The molecule has 7 heteroatoms. The Kier molecular flexibility index (Phi) is 6.36. The molecule has 0 heterocycles. The van der Waals surface area contributed by atoms with Crippen LogP contribution in [0.5, 0.6) is 0 Å². The molecule has 1 N–H and O–H groups in total. The van der Waals surface area contributed by atoms with Gasteiger partial charge in [0.05, 0.1) is 13.2 Å². The molecule has 0 rings (SSSR count). The molecule has 5 nitrogen and oxygen atoms in total. The van der Waals surface area contributed by atoms with Crippen LogP contribution >= 0.6 is 18.1 Å². The summed E-state index contributed by atoms with van der Waals surface area (Å²) in [6.07, 6.45) is 0.